The van der Waals surface area contributed by atoms with E-state index in [9.17, 15) is 4.79 Å². The summed E-state index contributed by atoms with van der Waals surface area (Å²) in [6.07, 6.45) is -0.331. The molecule has 0 aliphatic carbocycles. The van der Waals surface area contributed by atoms with Gasteiger partial charge in [0.25, 0.3) is 0 Å². The number of phenols is 1. The van der Waals surface area contributed by atoms with E-state index in [4.69, 9.17) is 27.1 Å². The molecule has 0 saturated heterocycles. The standard InChI is InChI=1S/C9H6ClNO3/c10-8-2-6(12)1-5(4-11)7(8)3-9(13)14/h1-2,12H,3H2,(H,13,14). The number of hydrogen-bond acceptors (Lipinski definition) is 3. The minimum absolute atomic E-state index is 0.0809. The van der Waals surface area contributed by atoms with Crippen molar-refractivity contribution in [2.45, 2.75) is 6.42 Å². The van der Waals surface area contributed by atoms with Gasteiger partial charge in [-0.25, -0.2) is 0 Å². The van der Waals surface area contributed by atoms with E-state index in [1.807, 2.05) is 0 Å². The van der Waals surface area contributed by atoms with Gasteiger partial charge in [-0.2, -0.15) is 5.26 Å². The predicted molar refractivity (Wildman–Crippen MR) is 49.2 cm³/mol. The maximum atomic E-state index is 10.4. The molecule has 72 valence electrons. The fourth-order valence-electron chi connectivity index (χ4n) is 1.05. The van der Waals surface area contributed by atoms with Crippen LogP contribution in [-0.2, 0) is 11.2 Å². The molecule has 0 atom stereocenters. The second kappa shape index (κ2) is 3.99. The third-order valence-electron chi connectivity index (χ3n) is 1.63. The number of aliphatic carboxylic acids is 1. The molecule has 14 heavy (non-hydrogen) atoms. The van der Waals surface area contributed by atoms with E-state index < -0.39 is 5.97 Å². The highest BCUT2D eigenvalue weighted by Crippen LogP contribution is 2.26. The molecular weight excluding hydrogens is 206 g/mol. The number of nitrogens with zero attached hydrogens (tertiary/aromatic N) is 1. The third-order valence-corrected chi connectivity index (χ3v) is 1.97. The number of halogens is 1. The van der Waals surface area contributed by atoms with Crippen LogP contribution in [0.15, 0.2) is 12.1 Å². The molecule has 0 radical (unpaired) electrons. The zero-order valence-corrected chi connectivity index (χ0v) is 7.75. The van der Waals surface area contributed by atoms with E-state index in [-0.39, 0.29) is 28.3 Å². The van der Waals surface area contributed by atoms with E-state index in [1.54, 1.807) is 6.07 Å². The number of carbonyl (C=O) groups is 1. The molecule has 0 spiro atoms. The zero-order chi connectivity index (χ0) is 10.7. The van der Waals surface area contributed by atoms with Gasteiger partial charge in [-0.05, 0) is 17.7 Å². The minimum Gasteiger partial charge on any atom is -0.508 e. The van der Waals surface area contributed by atoms with Gasteiger partial charge in [0, 0.05) is 5.02 Å². The Bertz CT molecular complexity index is 423. The molecule has 4 nitrogen and oxygen atoms in total. The van der Waals surface area contributed by atoms with Crippen LogP contribution in [0.3, 0.4) is 0 Å². The normalized spacial score (nSPS) is 9.43. The number of phenolic OH excluding ortho intramolecular Hbond substituents is 1. The summed E-state index contributed by atoms with van der Waals surface area (Å²) in [6, 6.07) is 4.17. The van der Waals surface area contributed by atoms with Crippen molar-refractivity contribution in [2.24, 2.45) is 0 Å². The first-order valence-corrected chi connectivity index (χ1v) is 4.05. The zero-order valence-electron chi connectivity index (χ0n) is 6.99. The number of aromatic hydroxyl groups is 1. The third kappa shape index (κ3) is 2.15. The number of benzene rings is 1. The summed E-state index contributed by atoms with van der Waals surface area (Å²) in [5.41, 5.74) is 0.303. The van der Waals surface area contributed by atoms with E-state index >= 15 is 0 Å². The van der Waals surface area contributed by atoms with Crippen LogP contribution in [0.1, 0.15) is 11.1 Å². The highest BCUT2D eigenvalue weighted by atomic mass is 35.5. The highest BCUT2D eigenvalue weighted by molar-refractivity contribution is 6.31. The van der Waals surface area contributed by atoms with Crippen LogP contribution in [0, 0.1) is 11.3 Å². The average molecular weight is 212 g/mol. The van der Waals surface area contributed by atoms with E-state index in [1.165, 1.54) is 12.1 Å². The quantitative estimate of drug-likeness (QED) is 0.778. The number of hydrogen-bond donors (Lipinski definition) is 2. The largest absolute Gasteiger partial charge is 0.508 e. The van der Waals surface area contributed by atoms with Crippen LogP contribution in [0.25, 0.3) is 0 Å². The fraction of sp³-hybridized carbons (Fsp3) is 0.111. The molecule has 1 rings (SSSR count). The van der Waals surface area contributed by atoms with Gasteiger partial charge in [0.2, 0.25) is 0 Å². The predicted octanol–water partition coefficient (Wildman–Crippen LogP) is 1.54. The lowest BCUT2D eigenvalue weighted by Crippen LogP contribution is -2.03. The van der Waals surface area contributed by atoms with Crippen molar-refractivity contribution in [3.05, 3.63) is 28.3 Å². The minimum atomic E-state index is -1.07. The summed E-state index contributed by atoms with van der Waals surface area (Å²) in [6.45, 7) is 0. The monoisotopic (exact) mass is 211 g/mol. The summed E-state index contributed by atoms with van der Waals surface area (Å²) in [4.78, 5) is 10.4. The first kappa shape index (κ1) is 10.4. The van der Waals surface area contributed by atoms with Crippen LogP contribution in [0.4, 0.5) is 0 Å². The number of carboxylic acids is 1. The Morgan fingerprint density at radius 3 is 2.71 bits per heavy atom. The Labute approximate surface area is 85.0 Å². The van der Waals surface area contributed by atoms with Crippen molar-refractivity contribution >= 4 is 17.6 Å². The van der Waals surface area contributed by atoms with Crippen molar-refractivity contribution in [1.29, 1.82) is 5.26 Å². The number of rotatable bonds is 2. The molecular formula is C9H6ClNO3. The van der Waals surface area contributed by atoms with Crippen LogP contribution in [-0.4, -0.2) is 16.2 Å². The first-order valence-electron chi connectivity index (χ1n) is 3.68. The molecule has 5 heteroatoms. The molecule has 0 saturated carbocycles. The van der Waals surface area contributed by atoms with Gasteiger partial charge in [-0.1, -0.05) is 11.6 Å². The molecule has 0 bridgehead atoms. The summed E-state index contributed by atoms with van der Waals surface area (Å²) in [5, 5.41) is 26.4. The molecule has 0 heterocycles. The second-order valence-electron chi connectivity index (χ2n) is 2.64. The van der Waals surface area contributed by atoms with Crippen molar-refractivity contribution in [2.75, 3.05) is 0 Å². The van der Waals surface area contributed by atoms with Gasteiger partial charge >= 0.3 is 5.97 Å². The van der Waals surface area contributed by atoms with Crippen molar-refractivity contribution in [3.63, 3.8) is 0 Å². The fourth-order valence-corrected chi connectivity index (χ4v) is 1.33. The molecule has 0 aliphatic heterocycles. The Balaban J connectivity index is 3.27. The smallest absolute Gasteiger partial charge is 0.307 e. The van der Waals surface area contributed by atoms with E-state index in [0.29, 0.717) is 0 Å². The molecule has 0 fully saturated rings. The maximum absolute atomic E-state index is 10.4. The van der Waals surface area contributed by atoms with Crippen LogP contribution >= 0.6 is 11.6 Å². The Kier molecular flexibility index (Phi) is 2.95. The number of carboxylic acid groups (broad SMARTS) is 1. The van der Waals surface area contributed by atoms with Gasteiger partial charge in [0.1, 0.15) is 5.75 Å². The Morgan fingerprint density at radius 2 is 2.21 bits per heavy atom. The van der Waals surface area contributed by atoms with Crippen LogP contribution < -0.4 is 0 Å². The highest BCUT2D eigenvalue weighted by Gasteiger charge is 2.12. The molecule has 2 N–H and O–H groups in total. The van der Waals surface area contributed by atoms with Crippen molar-refractivity contribution in [1.82, 2.24) is 0 Å². The summed E-state index contributed by atoms with van der Waals surface area (Å²) in [5.74, 6) is -1.23. The molecule has 0 aromatic heterocycles. The lowest BCUT2D eigenvalue weighted by atomic mass is 10.1. The maximum Gasteiger partial charge on any atom is 0.307 e. The summed E-state index contributed by atoms with van der Waals surface area (Å²) >= 11 is 5.68. The second-order valence-corrected chi connectivity index (χ2v) is 3.04. The lowest BCUT2D eigenvalue weighted by molar-refractivity contribution is -0.136. The van der Waals surface area contributed by atoms with Crippen molar-refractivity contribution in [3.8, 4) is 11.8 Å². The van der Waals surface area contributed by atoms with Gasteiger partial charge in [-0.3, -0.25) is 4.79 Å². The molecule has 0 unspecified atom stereocenters. The lowest BCUT2D eigenvalue weighted by Gasteiger charge is -2.04. The molecule has 1 aromatic carbocycles. The summed E-state index contributed by atoms with van der Waals surface area (Å²) in [7, 11) is 0. The van der Waals surface area contributed by atoms with Gasteiger partial charge in [0.05, 0.1) is 18.1 Å². The van der Waals surface area contributed by atoms with E-state index in [2.05, 4.69) is 0 Å². The average Bonchev–Trinajstić information content (AvgIpc) is 2.08. The molecule has 0 amide bonds. The van der Waals surface area contributed by atoms with Crippen molar-refractivity contribution < 1.29 is 15.0 Å². The van der Waals surface area contributed by atoms with Crippen LogP contribution in [0.2, 0.25) is 5.02 Å². The Hall–Kier alpha value is -1.73. The first-order chi connectivity index (χ1) is 6.54. The Morgan fingerprint density at radius 1 is 1.57 bits per heavy atom. The van der Waals surface area contributed by atoms with Gasteiger partial charge in [-0.15, -0.1) is 0 Å². The summed E-state index contributed by atoms with van der Waals surface area (Å²) < 4.78 is 0. The van der Waals surface area contributed by atoms with Crippen LogP contribution in [0.5, 0.6) is 5.75 Å². The van der Waals surface area contributed by atoms with E-state index in [0.717, 1.165) is 0 Å². The SMILES string of the molecule is N#Cc1cc(O)cc(Cl)c1CC(=O)O. The van der Waals surface area contributed by atoms with Gasteiger partial charge in [0.15, 0.2) is 0 Å². The molecule has 1 aromatic rings. The molecule has 0 aliphatic rings. The number of nitriles is 1. The van der Waals surface area contributed by atoms with Gasteiger partial charge < -0.3 is 10.2 Å². The topological polar surface area (TPSA) is 81.3 Å².